The molecule has 0 aromatic heterocycles. The number of methoxy groups -OCH3 is 1. The lowest BCUT2D eigenvalue weighted by Gasteiger charge is -2.00. The van der Waals surface area contributed by atoms with Gasteiger partial charge in [-0.1, -0.05) is 54.6 Å². The van der Waals surface area contributed by atoms with Crippen LogP contribution in [0.3, 0.4) is 0 Å². The van der Waals surface area contributed by atoms with Crippen LogP contribution in [-0.2, 0) is 0 Å². The maximum Gasteiger partial charge on any atom is 0.141 e. The van der Waals surface area contributed by atoms with Gasteiger partial charge in [-0.3, -0.25) is 0 Å². The van der Waals surface area contributed by atoms with Crippen LogP contribution in [0.4, 0.5) is 28.4 Å². The Morgan fingerprint density at radius 3 is 1.19 bits per heavy atom. The first kappa shape index (κ1) is 25.5. The van der Waals surface area contributed by atoms with Gasteiger partial charge in [0.05, 0.1) is 29.9 Å². The molecule has 32 heavy (non-hydrogen) atoms. The van der Waals surface area contributed by atoms with Crippen LogP contribution < -0.4 is 33.4 Å². The second kappa shape index (κ2) is 14.5. The van der Waals surface area contributed by atoms with Crippen LogP contribution in [0.2, 0.25) is 0 Å². The molecule has 0 saturated heterocycles. The fourth-order valence-electron chi connectivity index (χ4n) is 2.12. The molecule has 0 aliphatic rings. The molecular weight excluding hydrogens is 402 g/mol. The van der Waals surface area contributed by atoms with Crippen molar-refractivity contribution in [2.24, 2.45) is 0 Å². The number of aromatic hydroxyl groups is 1. The number of anilines is 5. The smallest absolute Gasteiger partial charge is 0.141 e. The summed E-state index contributed by atoms with van der Waals surface area (Å²) in [7, 11) is 1.60. The van der Waals surface area contributed by atoms with E-state index >= 15 is 0 Å². The maximum atomic E-state index is 8.79. The number of rotatable bonds is 1. The summed E-state index contributed by atoms with van der Waals surface area (Å²) < 4.78 is 4.92. The first-order chi connectivity index (χ1) is 15.3. The predicted molar refractivity (Wildman–Crippen MR) is 136 cm³/mol. The minimum atomic E-state index is 0.146. The summed E-state index contributed by atoms with van der Waals surface area (Å²) in [4.78, 5) is 0. The number of nitrogens with two attached hydrogens (primary N) is 5. The van der Waals surface area contributed by atoms with Crippen LogP contribution in [0.15, 0.2) is 103 Å². The first-order valence-corrected chi connectivity index (χ1v) is 9.67. The molecule has 11 N–H and O–H groups in total. The van der Waals surface area contributed by atoms with E-state index in [4.69, 9.17) is 38.5 Å². The number of hydrogen-bond donors (Lipinski definition) is 6. The molecule has 7 nitrogen and oxygen atoms in total. The normalized spacial score (nSPS) is 8.91. The third kappa shape index (κ3) is 10.3. The summed E-state index contributed by atoms with van der Waals surface area (Å²) >= 11 is 0. The summed E-state index contributed by atoms with van der Waals surface area (Å²) in [5, 5.41) is 8.79. The molecule has 0 unspecified atom stereocenters. The van der Waals surface area contributed by atoms with E-state index in [9.17, 15) is 0 Å². The van der Waals surface area contributed by atoms with Gasteiger partial charge in [-0.05, 0) is 48.5 Å². The molecule has 0 aliphatic heterocycles. The molecule has 4 aromatic carbocycles. The SMILES string of the molecule is COc1ccccc1N.Nc1ccccc1.Nc1ccccc1N.Nc1ccccc1O. The lowest BCUT2D eigenvalue weighted by atomic mass is 10.3. The minimum absolute atomic E-state index is 0.146. The first-order valence-electron chi connectivity index (χ1n) is 9.67. The van der Waals surface area contributed by atoms with Gasteiger partial charge < -0.3 is 38.5 Å². The van der Waals surface area contributed by atoms with E-state index in [1.165, 1.54) is 0 Å². The molecule has 0 spiro atoms. The highest BCUT2D eigenvalue weighted by molar-refractivity contribution is 5.62. The maximum absolute atomic E-state index is 8.79. The average Bonchev–Trinajstić information content (AvgIpc) is 2.80. The minimum Gasteiger partial charge on any atom is -0.506 e. The molecule has 0 amide bonds. The topological polar surface area (TPSA) is 160 Å². The van der Waals surface area contributed by atoms with Crippen molar-refractivity contribution in [3.05, 3.63) is 103 Å². The Hall–Kier alpha value is -4.52. The molecule has 0 atom stereocenters. The quantitative estimate of drug-likeness (QED) is 0.192. The number of ether oxygens (including phenoxy) is 1. The van der Waals surface area contributed by atoms with Crippen molar-refractivity contribution in [1.29, 1.82) is 0 Å². The highest BCUT2D eigenvalue weighted by atomic mass is 16.5. The van der Waals surface area contributed by atoms with Gasteiger partial charge in [-0.15, -0.1) is 0 Å². The molecule has 168 valence electrons. The highest BCUT2D eigenvalue weighted by Gasteiger charge is 1.91. The number of phenols is 1. The molecule has 4 rings (SSSR count). The largest absolute Gasteiger partial charge is 0.506 e. The third-order valence-electron chi connectivity index (χ3n) is 3.87. The molecule has 0 radical (unpaired) electrons. The van der Waals surface area contributed by atoms with E-state index in [-0.39, 0.29) is 5.75 Å². The van der Waals surface area contributed by atoms with Crippen LogP contribution >= 0.6 is 0 Å². The molecule has 0 saturated carbocycles. The average molecular weight is 434 g/mol. The van der Waals surface area contributed by atoms with Gasteiger partial charge in [0.15, 0.2) is 0 Å². The van der Waals surface area contributed by atoms with Gasteiger partial charge in [-0.25, -0.2) is 0 Å². The van der Waals surface area contributed by atoms with Gasteiger partial charge in [0.25, 0.3) is 0 Å². The molecule has 4 aromatic rings. The number of phenolic OH excluding ortho intramolecular Hbond substituents is 1. The van der Waals surface area contributed by atoms with E-state index in [1.807, 2.05) is 60.7 Å². The fraction of sp³-hybridized carbons (Fsp3) is 0.0400. The van der Waals surface area contributed by atoms with Crippen LogP contribution in [0.25, 0.3) is 0 Å². The van der Waals surface area contributed by atoms with Gasteiger partial charge in [-0.2, -0.15) is 0 Å². The number of hydrogen-bond acceptors (Lipinski definition) is 7. The third-order valence-corrected chi connectivity index (χ3v) is 3.87. The van der Waals surface area contributed by atoms with Crippen molar-refractivity contribution in [2.45, 2.75) is 0 Å². The summed E-state index contributed by atoms with van der Waals surface area (Å²) in [6.07, 6.45) is 0. The predicted octanol–water partition coefficient (Wildman–Crippen LogP) is 4.37. The Balaban J connectivity index is 0.000000214. The van der Waals surface area contributed by atoms with Gasteiger partial charge >= 0.3 is 0 Å². The zero-order valence-corrected chi connectivity index (χ0v) is 18.1. The Labute approximate surface area is 189 Å². The van der Waals surface area contributed by atoms with E-state index in [0.29, 0.717) is 22.7 Å². The number of nitrogen functional groups attached to an aromatic ring is 5. The summed E-state index contributed by atoms with van der Waals surface area (Å²) in [5.74, 6) is 0.880. The van der Waals surface area contributed by atoms with Crippen molar-refractivity contribution in [3.8, 4) is 11.5 Å². The second-order valence-electron chi connectivity index (χ2n) is 6.34. The van der Waals surface area contributed by atoms with Crippen LogP contribution in [0, 0.1) is 0 Å². The summed E-state index contributed by atoms with van der Waals surface area (Å²) in [5.41, 5.74) is 30.1. The Bertz CT molecular complexity index is 957. The van der Waals surface area contributed by atoms with Crippen molar-refractivity contribution < 1.29 is 9.84 Å². The molecule has 0 heterocycles. The monoisotopic (exact) mass is 433 g/mol. The Morgan fingerprint density at radius 2 is 0.906 bits per heavy atom. The zero-order valence-electron chi connectivity index (χ0n) is 18.1. The van der Waals surface area contributed by atoms with Gasteiger partial charge in [0, 0.05) is 5.69 Å². The van der Waals surface area contributed by atoms with Crippen molar-refractivity contribution >= 4 is 28.4 Å². The Kier molecular flexibility index (Phi) is 11.5. The van der Waals surface area contributed by atoms with Crippen LogP contribution in [0.5, 0.6) is 11.5 Å². The highest BCUT2D eigenvalue weighted by Crippen LogP contribution is 2.18. The second-order valence-corrected chi connectivity index (χ2v) is 6.34. The van der Waals surface area contributed by atoms with E-state index in [0.717, 1.165) is 11.4 Å². The number of para-hydroxylation sites is 7. The standard InChI is InChI=1S/C7H9NO.C6H8N2.C6H7NO.C6H7N/c1-9-7-5-3-2-4-6(7)8;2*7-5-3-1-2-4-6(5)8;7-6-4-2-1-3-5-6/h2-5H,8H2,1H3;1-4H,7-8H2;1-4,8H,7H2;1-5H,7H2. The number of benzene rings is 4. The molecule has 0 fully saturated rings. The molecule has 0 aliphatic carbocycles. The van der Waals surface area contributed by atoms with Crippen molar-refractivity contribution in [1.82, 2.24) is 0 Å². The lowest BCUT2D eigenvalue weighted by Crippen LogP contribution is -1.91. The fourth-order valence-corrected chi connectivity index (χ4v) is 2.12. The zero-order chi connectivity index (χ0) is 23.8. The van der Waals surface area contributed by atoms with Crippen molar-refractivity contribution in [3.63, 3.8) is 0 Å². The Morgan fingerprint density at radius 1 is 0.500 bits per heavy atom. The van der Waals surface area contributed by atoms with Gasteiger partial charge in [0.2, 0.25) is 0 Å². The molecule has 0 bridgehead atoms. The lowest BCUT2D eigenvalue weighted by molar-refractivity contribution is 0.417. The van der Waals surface area contributed by atoms with Crippen LogP contribution in [0.1, 0.15) is 0 Å². The van der Waals surface area contributed by atoms with Crippen molar-refractivity contribution in [2.75, 3.05) is 35.8 Å². The summed E-state index contributed by atoms with van der Waals surface area (Å²) in [6.45, 7) is 0. The van der Waals surface area contributed by atoms with E-state index in [1.54, 1.807) is 49.6 Å². The van der Waals surface area contributed by atoms with E-state index < -0.39 is 0 Å². The van der Waals surface area contributed by atoms with Gasteiger partial charge in [0.1, 0.15) is 11.5 Å². The molecule has 7 heteroatoms. The summed E-state index contributed by atoms with van der Waals surface area (Å²) in [6, 6.07) is 30.8. The van der Waals surface area contributed by atoms with E-state index in [2.05, 4.69) is 0 Å². The molecular formula is C25H31N5O2. The van der Waals surface area contributed by atoms with Crippen LogP contribution in [-0.4, -0.2) is 12.2 Å².